The number of hydrogen-bond acceptors (Lipinski definition) is 3. The number of aliphatic carboxylic acids is 1. The lowest BCUT2D eigenvalue weighted by molar-refractivity contribution is -0.143. The molecule has 0 saturated carbocycles. The van der Waals surface area contributed by atoms with Crippen molar-refractivity contribution in [1.82, 2.24) is 9.88 Å². The molecule has 1 heterocycles. The predicted octanol–water partition coefficient (Wildman–Crippen LogP) is 0.711. The number of aromatic nitrogens is 1. The van der Waals surface area contributed by atoms with Gasteiger partial charge in [-0.05, 0) is 12.0 Å². The van der Waals surface area contributed by atoms with E-state index in [1.54, 1.807) is 32.2 Å². The molecule has 0 aliphatic heterocycles. The topological polar surface area (TPSA) is 88.4 Å². The van der Waals surface area contributed by atoms with Gasteiger partial charge < -0.3 is 15.0 Å². The average Bonchev–Trinajstić information content (AvgIpc) is 2.37. The van der Waals surface area contributed by atoms with Gasteiger partial charge in [0.25, 0.3) is 5.56 Å². The van der Waals surface area contributed by atoms with Crippen molar-refractivity contribution in [3.8, 4) is 0 Å². The largest absolute Gasteiger partial charge is 0.481 e. The van der Waals surface area contributed by atoms with Gasteiger partial charge in [0, 0.05) is 31.8 Å². The zero-order chi connectivity index (χ0) is 15.1. The summed E-state index contributed by atoms with van der Waals surface area (Å²) in [6.07, 6.45) is 1.76. The lowest BCUT2D eigenvalue weighted by atomic mass is 9.96. The lowest BCUT2D eigenvalue weighted by Gasteiger charge is -2.16. The molecule has 0 aliphatic carbocycles. The first-order chi connectivity index (χ1) is 9.41. The quantitative estimate of drug-likeness (QED) is 0.770. The summed E-state index contributed by atoms with van der Waals surface area (Å²) in [5, 5.41) is 11.6. The molecule has 0 saturated heterocycles. The second kappa shape index (κ2) is 7.47. The fraction of sp³-hybridized carbons (Fsp3) is 0.500. The highest BCUT2D eigenvalue weighted by molar-refractivity contribution is 5.77. The van der Waals surface area contributed by atoms with Crippen LogP contribution >= 0.6 is 0 Å². The molecule has 110 valence electrons. The fourth-order valence-corrected chi connectivity index (χ4v) is 1.79. The van der Waals surface area contributed by atoms with Gasteiger partial charge in [0.2, 0.25) is 5.91 Å². The Morgan fingerprint density at radius 3 is 2.60 bits per heavy atom. The van der Waals surface area contributed by atoms with Gasteiger partial charge >= 0.3 is 5.97 Å². The summed E-state index contributed by atoms with van der Waals surface area (Å²) in [4.78, 5) is 34.1. The molecule has 6 nitrogen and oxygen atoms in total. The first-order valence-corrected chi connectivity index (χ1v) is 6.56. The maximum absolute atomic E-state index is 11.7. The van der Waals surface area contributed by atoms with Gasteiger partial charge in [-0.1, -0.05) is 19.9 Å². The SMILES string of the molecule is CC(C)C(CNC(=O)CCn1ccccc1=O)C(=O)O. The molecule has 1 rings (SSSR count). The van der Waals surface area contributed by atoms with Crippen LogP contribution in [0.3, 0.4) is 0 Å². The third-order valence-electron chi connectivity index (χ3n) is 3.12. The number of carbonyl (C=O) groups excluding carboxylic acids is 1. The molecule has 1 amide bonds. The predicted molar refractivity (Wildman–Crippen MR) is 74.3 cm³/mol. The minimum absolute atomic E-state index is 0.0513. The minimum atomic E-state index is -0.917. The van der Waals surface area contributed by atoms with E-state index < -0.39 is 11.9 Å². The van der Waals surface area contributed by atoms with E-state index in [-0.39, 0.29) is 36.9 Å². The number of carbonyl (C=O) groups is 2. The molecule has 1 aromatic heterocycles. The molecule has 1 aromatic rings. The average molecular weight is 280 g/mol. The molecule has 1 atom stereocenters. The first kappa shape index (κ1) is 15.9. The second-order valence-electron chi connectivity index (χ2n) is 4.98. The Labute approximate surface area is 117 Å². The van der Waals surface area contributed by atoms with Crippen molar-refractivity contribution >= 4 is 11.9 Å². The van der Waals surface area contributed by atoms with Gasteiger partial charge in [0.05, 0.1) is 5.92 Å². The number of aryl methyl sites for hydroxylation is 1. The van der Waals surface area contributed by atoms with Crippen LogP contribution in [0.1, 0.15) is 20.3 Å². The third-order valence-corrected chi connectivity index (χ3v) is 3.12. The van der Waals surface area contributed by atoms with Crippen molar-refractivity contribution in [2.24, 2.45) is 11.8 Å². The van der Waals surface area contributed by atoms with Gasteiger partial charge in [-0.2, -0.15) is 0 Å². The maximum Gasteiger partial charge on any atom is 0.308 e. The van der Waals surface area contributed by atoms with Crippen LogP contribution < -0.4 is 10.9 Å². The Bertz CT molecular complexity index is 522. The number of nitrogens with one attached hydrogen (secondary N) is 1. The highest BCUT2D eigenvalue weighted by atomic mass is 16.4. The van der Waals surface area contributed by atoms with E-state index in [2.05, 4.69) is 5.32 Å². The number of carboxylic acid groups (broad SMARTS) is 1. The van der Waals surface area contributed by atoms with Crippen molar-refractivity contribution in [2.75, 3.05) is 6.54 Å². The fourth-order valence-electron chi connectivity index (χ4n) is 1.79. The van der Waals surface area contributed by atoms with Gasteiger partial charge in [-0.3, -0.25) is 14.4 Å². The summed E-state index contributed by atoms with van der Waals surface area (Å²) in [7, 11) is 0. The smallest absolute Gasteiger partial charge is 0.308 e. The van der Waals surface area contributed by atoms with Crippen LogP contribution in [-0.2, 0) is 16.1 Å². The van der Waals surface area contributed by atoms with Crippen LogP contribution in [-0.4, -0.2) is 28.1 Å². The van der Waals surface area contributed by atoms with Crippen molar-refractivity contribution in [1.29, 1.82) is 0 Å². The summed E-state index contributed by atoms with van der Waals surface area (Å²) in [5.41, 5.74) is -0.161. The van der Waals surface area contributed by atoms with Crippen LogP contribution in [0, 0.1) is 11.8 Å². The van der Waals surface area contributed by atoms with Gasteiger partial charge in [-0.15, -0.1) is 0 Å². The summed E-state index contributed by atoms with van der Waals surface area (Å²) in [6.45, 7) is 3.99. The minimum Gasteiger partial charge on any atom is -0.481 e. The van der Waals surface area contributed by atoms with E-state index in [1.165, 1.54) is 10.6 Å². The van der Waals surface area contributed by atoms with Gasteiger partial charge in [0.15, 0.2) is 0 Å². The lowest BCUT2D eigenvalue weighted by Crippen LogP contribution is -2.36. The summed E-state index contributed by atoms with van der Waals surface area (Å²) in [5.74, 6) is -1.82. The summed E-state index contributed by atoms with van der Waals surface area (Å²) >= 11 is 0. The van der Waals surface area contributed by atoms with E-state index in [4.69, 9.17) is 5.11 Å². The number of rotatable bonds is 7. The maximum atomic E-state index is 11.7. The Hall–Kier alpha value is -2.11. The second-order valence-corrected chi connectivity index (χ2v) is 4.98. The number of pyridine rings is 1. The first-order valence-electron chi connectivity index (χ1n) is 6.56. The normalized spacial score (nSPS) is 12.2. The van der Waals surface area contributed by atoms with Crippen LogP contribution in [0.5, 0.6) is 0 Å². The monoisotopic (exact) mass is 280 g/mol. The highest BCUT2D eigenvalue weighted by Gasteiger charge is 2.21. The van der Waals surface area contributed by atoms with Gasteiger partial charge in [0.1, 0.15) is 0 Å². The number of hydrogen-bond donors (Lipinski definition) is 2. The Morgan fingerprint density at radius 2 is 2.05 bits per heavy atom. The zero-order valence-corrected chi connectivity index (χ0v) is 11.7. The molecule has 2 N–H and O–H groups in total. The third kappa shape index (κ3) is 4.87. The molecule has 20 heavy (non-hydrogen) atoms. The standard InChI is InChI=1S/C14H20N2O4/c1-10(2)11(14(19)20)9-15-12(17)6-8-16-7-4-3-5-13(16)18/h3-5,7,10-11H,6,8-9H2,1-2H3,(H,15,17)(H,19,20). The molecule has 0 aromatic carbocycles. The van der Waals surface area contributed by atoms with Crippen molar-refractivity contribution in [3.63, 3.8) is 0 Å². The number of carboxylic acids is 1. The van der Waals surface area contributed by atoms with Crippen molar-refractivity contribution in [3.05, 3.63) is 34.7 Å². The van der Waals surface area contributed by atoms with Crippen LogP contribution in [0.2, 0.25) is 0 Å². The van der Waals surface area contributed by atoms with Crippen molar-refractivity contribution in [2.45, 2.75) is 26.8 Å². The van der Waals surface area contributed by atoms with Crippen LogP contribution in [0.25, 0.3) is 0 Å². The van der Waals surface area contributed by atoms with E-state index in [1.807, 2.05) is 0 Å². The van der Waals surface area contributed by atoms with E-state index >= 15 is 0 Å². The molecule has 1 unspecified atom stereocenters. The van der Waals surface area contributed by atoms with E-state index in [0.717, 1.165) is 0 Å². The molecule has 0 radical (unpaired) electrons. The zero-order valence-electron chi connectivity index (χ0n) is 11.7. The number of amides is 1. The molecule has 0 aliphatic rings. The van der Waals surface area contributed by atoms with Gasteiger partial charge in [-0.25, -0.2) is 0 Å². The van der Waals surface area contributed by atoms with Crippen LogP contribution in [0.15, 0.2) is 29.2 Å². The number of nitrogens with zero attached hydrogens (tertiary/aromatic N) is 1. The summed E-state index contributed by atoms with van der Waals surface area (Å²) < 4.78 is 1.44. The molecule has 0 spiro atoms. The summed E-state index contributed by atoms with van der Waals surface area (Å²) in [6, 6.07) is 4.79. The molecule has 6 heteroatoms. The van der Waals surface area contributed by atoms with E-state index in [9.17, 15) is 14.4 Å². The molecule has 0 fully saturated rings. The van der Waals surface area contributed by atoms with Crippen molar-refractivity contribution < 1.29 is 14.7 Å². The molecule has 0 bridgehead atoms. The highest BCUT2D eigenvalue weighted by Crippen LogP contribution is 2.09. The Morgan fingerprint density at radius 1 is 1.35 bits per heavy atom. The Kier molecular flexibility index (Phi) is 5.96. The Balaban J connectivity index is 2.43. The van der Waals surface area contributed by atoms with Crippen LogP contribution in [0.4, 0.5) is 0 Å². The molecular weight excluding hydrogens is 260 g/mol. The van der Waals surface area contributed by atoms with E-state index in [0.29, 0.717) is 0 Å². The molecular formula is C14H20N2O4.